The lowest BCUT2D eigenvalue weighted by Crippen LogP contribution is -2.31. The molecule has 2 N–H and O–H groups in total. The summed E-state index contributed by atoms with van der Waals surface area (Å²) in [5.41, 5.74) is 0. The number of carbonyl (C=O) groups is 1. The molecule has 1 amide bonds. The second-order valence-electron chi connectivity index (χ2n) is 3.11. The van der Waals surface area contributed by atoms with Gasteiger partial charge in [0.2, 0.25) is 5.91 Å². The summed E-state index contributed by atoms with van der Waals surface area (Å²) in [6.07, 6.45) is 1.77. The fourth-order valence-corrected chi connectivity index (χ4v) is 2.18. The molecule has 0 atom stereocenters. The third-order valence-electron chi connectivity index (χ3n) is 1.41. The molecule has 15 heavy (non-hydrogen) atoms. The molecule has 0 unspecified atom stereocenters. The fourth-order valence-electron chi connectivity index (χ4n) is 0.820. The molecule has 90 valence electrons. The van der Waals surface area contributed by atoms with E-state index in [0.717, 1.165) is 24.2 Å². The summed E-state index contributed by atoms with van der Waals surface area (Å²) >= 11 is 1.61. The van der Waals surface area contributed by atoms with Crippen molar-refractivity contribution >= 4 is 27.5 Å². The molecule has 0 aliphatic rings. The first-order valence-electron chi connectivity index (χ1n) is 4.59. The zero-order chi connectivity index (χ0) is 11.7. The Labute approximate surface area is 94.5 Å². The Balaban J connectivity index is 3.40. The highest BCUT2D eigenvalue weighted by atomic mass is 32.2. The average Bonchev–Trinajstić information content (AvgIpc) is 2.08. The van der Waals surface area contributed by atoms with Crippen molar-refractivity contribution in [3.63, 3.8) is 0 Å². The van der Waals surface area contributed by atoms with Crippen LogP contribution in [0.1, 0.15) is 6.42 Å². The number of hydrogen-bond donors (Lipinski definition) is 2. The number of rotatable bonds is 8. The summed E-state index contributed by atoms with van der Waals surface area (Å²) in [7, 11) is -3.23. The van der Waals surface area contributed by atoms with Crippen LogP contribution in [0.15, 0.2) is 0 Å². The van der Waals surface area contributed by atoms with Gasteiger partial charge in [-0.15, -0.1) is 0 Å². The zero-order valence-electron chi connectivity index (χ0n) is 8.73. The topological polar surface area (TPSA) is 83.5 Å². The van der Waals surface area contributed by atoms with Crippen molar-refractivity contribution in [1.29, 1.82) is 0 Å². The van der Waals surface area contributed by atoms with Crippen LogP contribution in [0, 0.1) is 0 Å². The van der Waals surface area contributed by atoms with Crippen molar-refractivity contribution in [2.75, 3.05) is 36.7 Å². The van der Waals surface area contributed by atoms with E-state index in [9.17, 15) is 13.2 Å². The normalized spacial score (nSPS) is 11.3. The van der Waals surface area contributed by atoms with Crippen LogP contribution in [0.3, 0.4) is 0 Å². The molecule has 0 rings (SSSR count). The number of nitrogens with one attached hydrogen (secondary N) is 1. The smallest absolute Gasteiger partial charge is 0.235 e. The molecule has 0 spiro atoms. The van der Waals surface area contributed by atoms with Crippen LogP contribution in [0.5, 0.6) is 0 Å². The maximum Gasteiger partial charge on any atom is 0.235 e. The van der Waals surface area contributed by atoms with Gasteiger partial charge in [-0.05, 0) is 12.2 Å². The van der Waals surface area contributed by atoms with Gasteiger partial charge in [-0.1, -0.05) is 0 Å². The van der Waals surface area contributed by atoms with E-state index < -0.39 is 21.5 Å². The largest absolute Gasteiger partial charge is 0.396 e. The Morgan fingerprint density at radius 3 is 2.60 bits per heavy atom. The van der Waals surface area contributed by atoms with Gasteiger partial charge >= 0.3 is 0 Å². The molecule has 0 bridgehead atoms. The molecule has 5 nitrogen and oxygen atoms in total. The van der Waals surface area contributed by atoms with Crippen molar-refractivity contribution in [3.05, 3.63) is 0 Å². The second kappa shape index (κ2) is 7.95. The van der Waals surface area contributed by atoms with E-state index in [1.54, 1.807) is 11.8 Å². The van der Waals surface area contributed by atoms with Gasteiger partial charge in [0.15, 0.2) is 9.84 Å². The van der Waals surface area contributed by atoms with Gasteiger partial charge in [-0.25, -0.2) is 8.42 Å². The second-order valence-corrected chi connectivity index (χ2v) is 6.47. The fraction of sp³-hybridized carbons (Fsp3) is 0.875. The minimum absolute atomic E-state index is 0.174. The van der Waals surface area contributed by atoms with Crippen molar-refractivity contribution in [3.8, 4) is 0 Å². The lowest BCUT2D eigenvalue weighted by molar-refractivity contribution is -0.118. The molecule has 0 fully saturated rings. The average molecular weight is 255 g/mol. The van der Waals surface area contributed by atoms with Crippen LogP contribution in [0.4, 0.5) is 0 Å². The molecule has 0 aromatic carbocycles. The van der Waals surface area contributed by atoms with Gasteiger partial charge in [0.1, 0.15) is 5.75 Å². The Morgan fingerprint density at radius 2 is 2.07 bits per heavy atom. The molecule has 7 heteroatoms. The van der Waals surface area contributed by atoms with Crippen LogP contribution in [0.25, 0.3) is 0 Å². The Kier molecular flexibility index (Phi) is 7.81. The molecule has 0 aliphatic heterocycles. The summed E-state index contributed by atoms with van der Waals surface area (Å²) in [5.74, 6) is 0.669. The third-order valence-corrected chi connectivity index (χ3v) is 3.27. The van der Waals surface area contributed by atoms with Crippen LogP contribution in [0.2, 0.25) is 0 Å². The molecular formula is C8H17NO4S2. The third kappa shape index (κ3) is 11.7. The monoisotopic (exact) mass is 255 g/mol. The molecule has 0 aliphatic carbocycles. The van der Waals surface area contributed by atoms with Gasteiger partial charge in [0.25, 0.3) is 0 Å². The maximum absolute atomic E-state index is 11.0. The molecule has 0 aromatic heterocycles. The van der Waals surface area contributed by atoms with Gasteiger partial charge in [-0.3, -0.25) is 4.79 Å². The number of thioether (sulfide) groups is 1. The predicted molar refractivity (Wildman–Crippen MR) is 61.7 cm³/mol. The quantitative estimate of drug-likeness (QED) is 0.558. The molecule has 0 saturated carbocycles. The van der Waals surface area contributed by atoms with E-state index in [4.69, 9.17) is 5.11 Å². The van der Waals surface area contributed by atoms with Crippen LogP contribution >= 0.6 is 11.8 Å². The van der Waals surface area contributed by atoms with E-state index in [1.807, 2.05) is 0 Å². The number of aliphatic hydroxyl groups is 1. The van der Waals surface area contributed by atoms with Gasteiger partial charge in [0, 0.05) is 25.2 Å². The number of aliphatic hydroxyl groups excluding tert-OH is 1. The number of sulfone groups is 1. The Bertz CT molecular complexity index is 276. The summed E-state index contributed by atoms with van der Waals surface area (Å²) < 4.78 is 21.4. The summed E-state index contributed by atoms with van der Waals surface area (Å²) in [5, 5.41) is 11.0. The molecule has 0 aromatic rings. The number of hydrogen-bond acceptors (Lipinski definition) is 5. The van der Waals surface area contributed by atoms with E-state index >= 15 is 0 Å². The lowest BCUT2D eigenvalue weighted by atomic mass is 10.5. The minimum Gasteiger partial charge on any atom is -0.396 e. The van der Waals surface area contributed by atoms with Crippen molar-refractivity contribution in [1.82, 2.24) is 5.32 Å². The molecular weight excluding hydrogens is 238 g/mol. The highest BCUT2D eigenvalue weighted by Gasteiger charge is 2.09. The summed E-state index contributed by atoms with van der Waals surface area (Å²) in [6.45, 7) is 0.637. The predicted octanol–water partition coefficient (Wildman–Crippen LogP) is -0.737. The van der Waals surface area contributed by atoms with Crippen LogP contribution in [-0.2, 0) is 14.6 Å². The van der Waals surface area contributed by atoms with Gasteiger partial charge in [-0.2, -0.15) is 11.8 Å². The van der Waals surface area contributed by atoms with Crippen molar-refractivity contribution < 1.29 is 18.3 Å². The van der Waals surface area contributed by atoms with E-state index in [0.29, 0.717) is 6.54 Å². The summed E-state index contributed by atoms with van der Waals surface area (Å²) in [6, 6.07) is 0. The van der Waals surface area contributed by atoms with Crippen LogP contribution < -0.4 is 5.32 Å². The van der Waals surface area contributed by atoms with Crippen molar-refractivity contribution in [2.24, 2.45) is 0 Å². The Morgan fingerprint density at radius 1 is 1.40 bits per heavy atom. The van der Waals surface area contributed by atoms with E-state index in [-0.39, 0.29) is 6.61 Å². The lowest BCUT2D eigenvalue weighted by Gasteiger charge is -2.03. The maximum atomic E-state index is 11.0. The van der Waals surface area contributed by atoms with E-state index in [2.05, 4.69) is 5.32 Å². The molecule has 0 saturated heterocycles. The van der Waals surface area contributed by atoms with Gasteiger partial charge in [0.05, 0.1) is 0 Å². The highest BCUT2D eigenvalue weighted by molar-refractivity contribution is 7.99. The Hall–Kier alpha value is -0.270. The van der Waals surface area contributed by atoms with Crippen LogP contribution in [-0.4, -0.2) is 56.1 Å². The van der Waals surface area contributed by atoms with E-state index in [1.165, 1.54) is 0 Å². The standard InChI is InChI=1S/C8H17NO4S2/c1-15(12,13)7-8(11)9-3-6-14-5-2-4-10/h10H,2-7H2,1H3,(H,9,11). The first kappa shape index (κ1) is 14.7. The van der Waals surface area contributed by atoms with Gasteiger partial charge < -0.3 is 10.4 Å². The molecule has 0 heterocycles. The van der Waals surface area contributed by atoms with Crippen molar-refractivity contribution in [2.45, 2.75) is 6.42 Å². The first-order valence-corrected chi connectivity index (χ1v) is 7.80. The first-order chi connectivity index (χ1) is 6.95. The minimum atomic E-state index is -3.23. The highest BCUT2D eigenvalue weighted by Crippen LogP contribution is 1.99. The summed E-state index contributed by atoms with van der Waals surface area (Å²) in [4.78, 5) is 11.0. The number of carbonyl (C=O) groups excluding carboxylic acids is 1. The zero-order valence-corrected chi connectivity index (χ0v) is 10.4. The SMILES string of the molecule is CS(=O)(=O)CC(=O)NCCSCCCO. The molecule has 0 radical (unpaired) electrons. The number of amides is 1.